The molecule has 0 radical (unpaired) electrons. The fourth-order valence-electron chi connectivity index (χ4n) is 3.45. The minimum atomic E-state index is -1.08. The van der Waals surface area contributed by atoms with E-state index in [2.05, 4.69) is 4.98 Å². The number of hydrogen-bond acceptors (Lipinski definition) is 6. The molecular weight excluding hydrogens is 272 g/mol. The van der Waals surface area contributed by atoms with Crippen LogP contribution in [0.25, 0.3) is 0 Å². The number of rotatable bonds is 2. The lowest BCUT2D eigenvalue weighted by Crippen LogP contribution is -2.55. The number of hydrogen-bond donors (Lipinski definition) is 2. The van der Waals surface area contributed by atoms with Gasteiger partial charge in [-0.15, -0.1) is 0 Å². The zero-order chi connectivity index (χ0) is 15.0. The molecule has 1 saturated heterocycles. The van der Waals surface area contributed by atoms with E-state index in [0.29, 0.717) is 18.5 Å². The van der Waals surface area contributed by atoms with Crippen molar-refractivity contribution in [3.63, 3.8) is 0 Å². The van der Waals surface area contributed by atoms with Crippen LogP contribution < -0.4 is 5.73 Å². The molecule has 1 aromatic rings. The van der Waals surface area contributed by atoms with Crippen molar-refractivity contribution in [1.29, 1.82) is 0 Å². The third-order valence-corrected chi connectivity index (χ3v) is 4.46. The number of fused-ring (bicyclic) bond motifs is 1. The van der Waals surface area contributed by atoms with Crippen LogP contribution in [0.1, 0.15) is 44.3 Å². The van der Waals surface area contributed by atoms with Gasteiger partial charge in [0.05, 0.1) is 24.1 Å². The van der Waals surface area contributed by atoms with Crippen molar-refractivity contribution < 1.29 is 19.4 Å². The normalized spacial score (nSPS) is 35.2. The quantitative estimate of drug-likeness (QED) is 0.799. The third-order valence-electron chi connectivity index (χ3n) is 4.46. The number of pyridine rings is 1. The SMILES string of the molecule is CC(=O)OC1CC(c2ccncc2N)OC2CCCC12O. The van der Waals surface area contributed by atoms with Gasteiger partial charge in [0.2, 0.25) is 0 Å². The van der Waals surface area contributed by atoms with Crippen LogP contribution in [0.5, 0.6) is 0 Å². The number of ether oxygens (including phenoxy) is 2. The monoisotopic (exact) mass is 292 g/mol. The molecule has 4 atom stereocenters. The summed E-state index contributed by atoms with van der Waals surface area (Å²) in [4.78, 5) is 15.3. The van der Waals surface area contributed by atoms with E-state index < -0.39 is 11.7 Å². The van der Waals surface area contributed by atoms with Gasteiger partial charge in [-0.05, 0) is 25.3 Å². The second-order valence-corrected chi connectivity index (χ2v) is 5.84. The lowest BCUT2D eigenvalue weighted by atomic mass is 9.84. The molecule has 6 heteroatoms. The Morgan fingerprint density at radius 3 is 3.14 bits per heavy atom. The average Bonchev–Trinajstić information content (AvgIpc) is 2.81. The van der Waals surface area contributed by atoms with E-state index >= 15 is 0 Å². The molecule has 6 nitrogen and oxygen atoms in total. The van der Waals surface area contributed by atoms with E-state index in [-0.39, 0.29) is 18.2 Å². The Morgan fingerprint density at radius 1 is 1.62 bits per heavy atom. The molecule has 3 rings (SSSR count). The summed E-state index contributed by atoms with van der Waals surface area (Å²) < 4.78 is 11.4. The maximum Gasteiger partial charge on any atom is 0.303 e. The zero-order valence-electron chi connectivity index (χ0n) is 12.0. The van der Waals surface area contributed by atoms with Gasteiger partial charge in [-0.1, -0.05) is 0 Å². The Labute approximate surface area is 123 Å². The number of nitrogen functional groups attached to an aromatic ring is 1. The van der Waals surface area contributed by atoms with Crippen molar-refractivity contribution >= 4 is 11.7 Å². The number of carbonyl (C=O) groups excluding carboxylic acids is 1. The fourth-order valence-corrected chi connectivity index (χ4v) is 3.45. The number of anilines is 1. The molecule has 4 unspecified atom stereocenters. The van der Waals surface area contributed by atoms with Crippen LogP contribution in [0.4, 0.5) is 5.69 Å². The second kappa shape index (κ2) is 5.27. The molecule has 114 valence electrons. The molecule has 1 aromatic heterocycles. The third kappa shape index (κ3) is 2.49. The van der Waals surface area contributed by atoms with Gasteiger partial charge in [-0.3, -0.25) is 9.78 Å². The number of esters is 1. The van der Waals surface area contributed by atoms with Gasteiger partial charge in [0, 0.05) is 25.1 Å². The first-order valence-electron chi connectivity index (χ1n) is 7.25. The van der Waals surface area contributed by atoms with Crippen LogP contribution in [0.15, 0.2) is 18.5 Å². The van der Waals surface area contributed by atoms with Crippen molar-refractivity contribution in [3.05, 3.63) is 24.0 Å². The second-order valence-electron chi connectivity index (χ2n) is 5.84. The first-order valence-corrected chi connectivity index (χ1v) is 7.25. The van der Waals surface area contributed by atoms with Crippen LogP contribution in [0, 0.1) is 0 Å². The number of nitrogens with zero attached hydrogens (tertiary/aromatic N) is 1. The van der Waals surface area contributed by atoms with Gasteiger partial charge in [0.15, 0.2) is 0 Å². The van der Waals surface area contributed by atoms with Gasteiger partial charge in [0.25, 0.3) is 0 Å². The minimum absolute atomic E-state index is 0.291. The van der Waals surface area contributed by atoms with Crippen molar-refractivity contribution in [2.45, 2.75) is 56.5 Å². The van der Waals surface area contributed by atoms with Crippen LogP contribution in [-0.4, -0.2) is 33.9 Å². The standard InChI is InChI=1S/C15H20N2O4/c1-9(18)20-14-7-12(10-4-6-17-8-11(10)16)21-13-3-2-5-15(13,14)19/h4,6,8,12-14,19H,2-3,5,7,16H2,1H3. The zero-order valence-corrected chi connectivity index (χ0v) is 12.0. The first-order chi connectivity index (χ1) is 10.0. The van der Waals surface area contributed by atoms with Crippen LogP contribution in [-0.2, 0) is 14.3 Å². The molecule has 0 spiro atoms. The molecule has 2 fully saturated rings. The summed E-state index contributed by atoms with van der Waals surface area (Å²) in [6, 6.07) is 1.81. The summed E-state index contributed by atoms with van der Waals surface area (Å²) >= 11 is 0. The predicted octanol–water partition coefficient (Wildman–Crippen LogP) is 1.34. The molecular formula is C15H20N2O4. The molecule has 3 N–H and O–H groups in total. The summed E-state index contributed by atoms with van der Waals surface area (Å²) in [6.45, 7) is 1.36. The highest BCUT2D eigenvalue weighted by Crippen LogP contribution is 2.47. The average molecular weight is 292 g/mol. The van der Waals surface area contributed by atoms with E-state index in [4.69, 9.17) is 15.2 Å². The molecule has 0 amide bonds. The van der Waals surface area contributed by atoms with Gasteiger partial charge < -0.3 is 20.3 Å². The predicted molar refractivity (Wildman–Crippen MR) is 75.2 cm³/mol. The van der Waals surface area contributed by atoms with E-state index in [9.17, 15) is 9.90 Å². The van der Waals surface area contributed by atoms with Crippen LogP contribution >= 0.6 is 0 Å². The van der Waals surface area contributed by atoms with Crippen molar-refractivity contribution in [3.8, 4) is 0 Å². The van der Waals surface area contributed by atoms with E-state index in [1.165, 1.54) is 6.92 Å². The molecule has 1 saturated carbocycles. The lowest BCUT2D eigenvalue weighted by Gasteiger charge is -2.44. The Kier molecular flexibility index (Phi) is 3.59. The lowest BCUT2D eigenvalue weighted by molar-refractivity contribution is -0.227. The molecule has 2 aliphatic rings. The molecule has 0 aromatic carbocycles. The van der Waals surface area contributed by atoms with Crippen LogP contribution in [0.3, 0.4) is 0 Å². The molecule has 1 aliphatic carbocycles. The van der Waals surface area contributed by atoms with Crippen molar-refractivity contribution in [2.24, 2.45) is 0 Å². The largest absolute Gasteiger partial charge is 0.459 e. The number of nitrogens with two attached hydrogens (primary N) is 1. The molecule has 0 bridgehead atoms. The molecule has 21 heavy (non-hydrogen) atoms. The topological polar surface area (TPSA) is 94.7 Å². The highest BCUT2D eigenvalue weighted by Gasteiger charge is 2.54. The number of aliphatic hydroxyl groups is 1. The maximum atomic E-state index is 11.3. The van der Waals surface area contributed by atoms with Gasteiger partial charge >= 0.3 is 5.97 Å². The summed E-state index contributed by atoms with van der Waals surface area (Å²) in [5.41, 5.74) is 6.25. The summed E-state index contributed by atoms with van der Waals surface area (Å²) in [5, 5.41) is 10.8. The number of aromatic nitrogens is 1. The minimum Gasteiger partial charge on any atom is -0.459 e. The summed E-state index contributed by atoms with van der Waals surface area (Å²) in [7, 11) is 0. The van der Waals surface area contributed by atoms with Gasteiger partial charge in [-0.25, -0.2) is 0 Å². The van der Waals surface area contributed by atoms with E-state index in [1.54, 1.807) is 12.4 Å². The van der Waals surface area contributed by atoms with Crippen molar-refractivity contribution in [2.75, 3.05) is 5.73 Å². The van der Waals surface area contributed by atoms with Gasteiger partial charge in [0.1, 0.15) is 11.7 Å². The van der Waals surface area contributed by atoms with Crippen molar-refractivity contribution in [1.82, 2.24) is 4.98 Å². The Hall–Kier alpha value is -1.66. The highest BCUT2D eigenvalue weighted by molar-refractivity contribution is 5.66. The highest BCUT2D eigenvalue weighted by atomic mass is 16.6. The Morgan fingerprint density at radius 2 is 2.43 bits per heavy atom. The molecule has 1 aliphatic heterocycles. The maximum absolute atomic E-state index is 11.3. The Balaban J connectivity index is 1.89. The van der Waals surface area contributed by atoms with Gasteiger partial charge in [-0.2, -0.15) is 0 Å². The Bertz CT molecular complexity index is 550. The summed E-state index contributed by atoms with van der Waals surface area (Å²) in [6.07, 6.45) is 4.67. The summed E-state index contributed by atoms with van der Waals surface area (Å²) in [5.74, 6) is -0.387. The van der Waals surface area contributed by atoms with Crippen LogP contribution in [0.2, 0.25) is 0 Å². The fraction of sp³-hybridized carbons (Fsp3) is 0.600. The van der Waals surface area contributed by atoms with E-state index in [0.717, 1.165) is 18.4 Å². The van der Waals surface area contributed by atoms with E-state index in [1.807, 2.05) is 6.07 Å². The molecule has 2 heterocycles. The smallest absolute Gasteiger partial charge is 0.303 e. The first kappa shape index (κ1) is 14.3. The number of carbonyl (C=O) groups is 1.